The van der Waals surface area contributed by atoms with E-state index in [1.807, 2.05) is 6.92 Å². The van der Waals surface area contributed by atoms with Crippen LogP contribution in [0.3, 0.4) is 0 Å². The Kier molecular flexibility index (Phi) is 4.83. The van der Waals surface area contributed by atoms with Gasteiger partial charge in [-0.1, -0.05) is 6.07 Å². The van der Waals surface area contributed by atoms with E-state index in [9.17, 15) is 22.8 Å². The summed E-state index contributed by atoms with van der Waals surface area (Å²) in [4.78, 5) is 25.7. The number of halogens is 3. The SMILES string of the molecule is CCN1Cc2ccc(C(=O)NCc3c(F)cc(F)cc3F)cc2NC1=O. The van der Waals surface area contributed by atoms with Gasteiger partial charge in [0, 0.05) is 48.6 Å². The maximum absolute atomic E-state index is 13.6. The Morgan fingerprint density at radius 1 is 1.19 bits per heavy atom. The number of nitrogens with one attached hydrogen (secondary N) is 2. The Balaban J connectivity index is 1.74. The minimum Gasteiger partial charge on any atom is -0.348 e. The topological polar surface area (TPSA) is 61.4 Å². The first-order valence-electron chi connectivity index (χ1n) is 7.99. The summed E-state index contributed by atoms with van der Waals surface area (Å²) < 4.78 is 40.2. The van der Waals surface area contributed by atoms with E-state index in [1.165, 1.54) is 6.07 Å². The van der Waals surface area contributed by atoms with E-state index in [2.05, 4.69) is 10.6 Å². The molecule has 0 aliphatic carbocycles. The molecule has 1 aliphatic rings. The third-order valence-corrected chi connectivity index (χ3v) is 4.18. The predicted octanol–water partition coefficient (Wildman–Crippen LogP) is 3.40. The summed E-state index contributed by atoms with van der Waals surface area (Å²) in [7, 11) is 0. The average molecular weight is 363 g/mol. The lowest BCUT2D eigenvalue weighted by Crippen LogP contribution is -2.38. The first-order chi connectivity index (χ1) is 12.4. The summed E-state index contributed by atoms with van der Waals surface area (Å²) in [5.41, 5.74) is 1.19. The number of hydrogen-bond donors (Lipinski definition) is 2. The number of amides is 3. The molecule has 3 amide bonds. The first kappa shape index (κ1) is 17.8. The highest BCUT2D eigenvalue weighted by molar-refractivity contribution is 5.98. The van der Waals surface area contributed by atoms with E-state index in [0.29, 0.717) is 30.9 Å². The molecule has 0 saturated heterocycles. The van der Waals surface area contributed by atoms with Gasteiger partial charge in [0.2, 0.25) is 0 Å². The van der Waals surface area contributed by atoms with Gasteiger partial charge in [-0.2, -0.15) is 0 Å². The molecule has 0 fully saturated rings. The molecule has 5 nitrogen and oxygen atoms in total. The van der Waals surface area contributed by atoms with E-state index in [1.54, 1.807) is 17.0 Å². The molecule has 0 bridgehead atoms. The number of hydrogen-bond acceptors (Lipinski definition) is 2. The smallest absolute Gasteiger partial charge is 0.322 e. The molecule has 2 aromatic rings. The van der Waals surface area contributed by atoms with Crippen LogP contribution in [0.2, 0.25) is 0 Å². The summed E-state index contributed by atoms with van der Waals surface area (Å²) in [5, 5.41) is 5.09. The monoisotopic (exact) mass is 363 g/mol. The summed E-state index contributed by atoms with van der Waals surface area (Å²) in [6.07, 6.45) is 0. The zero-order valence-electron chi connectivity index (χ0n) is 13.9. The number of carbonyl (C=O) groups is 2. The average Bonchev–Trinajstić information content (AvgIpc) is 2.59. The molecule has 8 heteroatoms. The maximum Gasteiger partial charge on any atom is 0.322 e. The van der Waals surface area contributed by atoms with Crippen LogP contribution >= 0.6 is 0 Å². The third kappa shape index (κ3) is 3.49. The second-order valence-corrected chi connectivity index (χ2v) is 5.85. The number of rotatable bonds is 4. The fourth-order valence-electron chi connectivity index (χ4n) is 2.71. The second-order valence-electron chi connectivity index (χ2n) is 5.85. The molecule has 0 radical (unpaired) electrons. The van der Waals surface area contributed by atoms with Crippen LogP contribution in [0, 0.1) is 17.5 Å². The minimum atomic E-state index is -1.07. The van der Waals surface area contributed by atoms with Gasteiger partial charge >= 0.3 is 6.03 Å². The molecule has 2 aromatic carbocycles. The molecule has 1 heterocycles. The third-order valence-electron chi connectivity index (χ3n) is 4.18. The number of benzene rings is 2. The van der Waals surface area contributed by atoms with Gasteiger partial charge in [-0.3, -0.25) is 4.79 Å². The number of nitrogens with zero attached hydrogens (tertiary/aromatic N) is 1. The lowest BCUT2D eigenvalue weighted by Gasteiger charge is -2.28. The van der Waals surface area contributed by atoms with Crippen LogP contribution in [0.1, 0.15) is 28.4 Å². The number of carbonyl (C=O) groups excluding carboxylic acids is 2. The van der Waals surface area contributed by atoms with Gasteiger partial charge in [-0.05, 0) is 24.6 Å². The van der Waals surface area contributed by atoms with E-state index in [0.717, 1.165) is 5.56 Å². The van der Waals surface area contributed by atoms with Gasteiger partial charge in [0.1, 0.15) is 17.5 Å². The molecule has 0 atom stereocenters. The summed E-state index contributed by atoms with van der Waals surface area (Å²) in [5.74, 6) is -3.73. The van der Waals surface area contributed by atoms with Crippen molar-refractivity contribution >= 4 is 17.6 Å². The Labute approximate surface area is 147 Å². The quantitative estimate of drug-likeness (QED) is 0.875. The number of anilines is 1. The highest BCUT2D eigenvalue weighted by Gasteiger charge is 2.22. The summed E-state index contributed by atoms with van der Waals surface area (Å²) in [6.45, 7) is 2.43. The summed E-state index contributed by atoms with van der Waals surface area (Å²) >= 11 is 0. The molecule has 3 rings (SSSR count). The van der Waals surface area contributed by atoms with E-state index in [-0.39, 0.29) is 11.6 Å². The van der Waals surface area contributed by atoms with Gasteiger partial charge in [0.05, 0.1) is 0 Å². The van der Waals surface area contributed by atoms with Crippen LogP contribution in [0.15, 0.2) is 30.3 Å². The van der Waals surface area contributed by atoms with Crippen LogP contribution < -0.4 is 10.6 Å². The standard InChI is InChI=1S/C18H16F3N3O2/c1-2-24-9-11-4-3-10(5-16(11)23-18(24)26)17(25)22-8-13-14(20)6-12(19)7-15(13)21/h3-7H,2,8-9H2,1H3,(H,22,25)(H,23,26). The fraction of sp³-hybridized carbons (Fsp3) is 0.222. The van der Waals surface area contributed by atoms with Crippen molar-refractivity contribution in [1.82, 2.24) is 10.2 Å². The Bertz CT molecular complexity index is 863. The molecule has 136 valence electrons. The number of fused-ring (bicyclic) bond motifs is 1. The molecule has 2 N–H and O–H groups in total. The molecular formula is C18H16F3N3O2. The van der Waals surface area contributed by atoms with Crippen molar-refractivity contribution in [2.75, 3.05) is 11.9 Å². The van der Waals surface area contributed by atoms with Crippen molar-refractivity contribution in [3.8, 4) is 0 Å². The van der Waals surface area contributed by atoms with Crippen LogP contribution in [-0.4, -0.2) is 23.4 Å². The summed E-state index contributed by atoms with van der Waals surface area (Å²) in [6, 6.07) is 5.64. The number of urea groups is 1. The minimum absolute atomic E-state index is 0.233. The zero-order chi connectivity index (χ0) is 18.8. The second kappa shape index (κ2) is 7.07. The highest BCUT2D eigenvalue weighted by atomic mass is 19.1. The Hall–Kier alpha value is -3.03. The van der Waals surface area contributed by atoms with Crippen LogP contribution in [-0.2, 0) is 13.1 Å². The Morgan fingerprint density at radius 3 is 2.54 bits per heavy atom. The molecule has 26 heavy (non-hydrogen) atoms. The fourth-order valence-corrected chi connectivity index (χ4v) is 2.71. The van der Waals surface area contributed by atoms with Crippen molar-refractivity contribution in [3.63, 3.8) is 0 Å². The van der Waals surface area contributed by atoms with E-state index >= 15 is 0 Å². The van der Waals surface area contributed by atoms with Crippen LogP contribution in [0.4, 0.5) is 23.7 Å². The molecular weight excluding hydrogens is 347 g/mol. The van der Waals surface area contributed by atoms with Crippen LogP contribution in [0.25, 0.3) is 0 Å². The normalized spacial score (nSPS) is 13.2. The van der Waals surface area contributed by atoms with Crippen molar-refractivity contribution < 1.29 is 22.8 Å². The van der Waals surface area contributed by atoms with Gasteiger partial charge in [-0.25, -0.2) is 18.0 Å². The van der Waals surface area contributed by atoms with Crippen molar-refractivity contribution in [3.05, 3.63) is 64.5 Å². The van der Waals surface area contributed by atoms with Gasteiger partial charge in [-0.15, -0.1) is 0 Å². The van der Waals surface area contributed by atoms with E-state index < -0.39 is 35.5 Å². The van der Waals surface area contributed by atoms with Gasteiger partial charge < -0.3 is 15.5 Å². The highest BCUT2D eigenvalue weighted by Crippen LogP contribution is 2.24. The van der Waals surface area contributed by atoms with Crippen LogP contribution in [0.5, 0.6) is 0 Å². The molecule has 0 saturated carbocycles. The molecule has 1 aliphatic heterocycles. The maximum atomic E-state index is 13.6. The lowest BCUT2D eigenvalue weighted by atomic mass is 10.1. The van der Waals surface area contributed by atoms with Crippen molar-refractivity contribution in [2.24, 2.45) is 0 Å². The first-order valence-corrected chi connectivity index (χ1v) is 7.99. The van der Waals surface area contributed by atoms with Gasteiger partial charge in [0.25, 0.3) is 5.91 Å². The predicted molar refractivity (Wildman–Crippen MR) is 89.0 cm³/mol. The molecule has 0 unspecified atom stereocenters. The largest absolute Gasteiger partial charge is 0.348 e. The lowest BCUT2D eigenvalue weighted by molar-refractivity contribution is 0.0950. The van der Waals surface area contributed by atoms with Gasteiger partial charge in [0.15, 0.2) is 0 Å². The Morgan fingerprint density at radius 2 is 1.88 bits per heavy atom. The molecule has 0 aromatic heterocycles. The van der Waals surface area contributed by atoms with Crippen molar-refractivity contribution in [2.45, 2.75) is 20.0 Å². The van der Waals surface area contributed by atoms with Crippen molar-refractivity contribution in [1.29, 1.82) is 0 Å². The van der Waals surface area contributed by atoms with E-state index in [4.69, 9.17) is 0 Å². The molecule has 0 spiro atoms. The zero-order valence-corrected chi connectivity index (χ0v) is 13.9.